The molecule has 0 amide bonds. The van der Waals surface area contributed by atoms with Crippen LogP contribution in [0.2, 0.25) is 0 Å². The first-order valence-electron chi connectivity index (χ1n) is 6.66. The molecule has 0 unspecified atom stereocenters. The van der Waals surface area contributed by atoms with Crippen LogP contribution in [0, 0.1) is 0 Å². The van der Waals surface area contributed by atoms with Crippen LogP contribution in [0.1, 0.15) is 51.4 Å². The van der Waals surface area contributed by atoms with Crippen LogP contribution >= 0.6 is 0 Å². The number of esters is 1. The number of aldehydes is 1. The van der Waals surface area contributed by atoms with E-state index in [-0.39, 0.29) is 19.2 Å². The summed E-state index contributed by atoms with van der Waals surface area (Å²) in [5.41, 5.74) is 0. The van der Waals surface area contributed by atoms with E-state index in [1.54, 1.807) is 0 Å². The molecule has 0 rings (SSSR count). The smallest absolute Gasteiger partial charge is 0.305 e. The molecule has 0 aliphatic carbocycles. The van der Waals surface area contributed by atoms with Gasteiger partial charge >= 0.3 is 5.97 Å². The van der Waals surface area contributed by atoms with E-state index < -0.39 is 0 Å². The summed E-state index contributed by atoms with van der Waals surface area (Å²) in [5.74, 6) is -0.234. The average Bonchev–Trinajstić information content (AvgIpc) is 2.38. The third kappa shape index (κ3) is 12.9. The maximum Gasteiger partial charge on any atom is 0.305 e. The number of hydrogen-bond acceptors (Lipinski definition) is 4. The second kappa shape index (κ2) is 13.9. The highest BCUT2D eigenvalue weighted by Crippen LogP contribution is 2.04. The number of carbonyl (C=O) groups is 2. The van der Waals surface area contributed by atoms with Gasteiger partial charge in [-0.2, -0.15) is 0 Å². The Morgan fingerprint density at radius 3 is 2.22 bits per heavy atom. The van der Waals surface area contributed by atoms with E-state index in [4.69, 9.17) is 9.84 Å². The van der Waals surface area contributed by atoms with E-state index >= 15 is 0 Å². The fourth-order valence-electron chi connectivity index (χ4n) is 1.49. The zero-order chi connectivity index (χ0) is 13.5. The van der Waals surface area contributed by atoms with Gasteiger partial charge in [0.15, 0.2) is 0 Å². The molecule has 4 heteroatoms. The predicted molar refractivity (Wildman–Crippen MR) is 70.2 cm³/mol. The van der Waals surface area contributed by atoms with Gasteiger partial charge in [-0.15, -0.1) is 0 Å². The molecule has 18 heavy (non-hydrogen) atoms. The first kappa shape index (κ1) is 16.8. The van der Waals surface area contributed by atoms with Gasteiger partial charge in [0.25, 0.3) is 0 Å². The molecule has 0 aliphatic heterocycles. The normalized spacial score (nSPS) is 10.7. The fourth-order valence-corrected chi connectivity index (χ4v) is 1.49. The minimum absolute atomic E-state index is 0.0968. The highest BCUT2D eigenvalue weighted by Gasteiger charge is 2.00. The van der Waals surface area contributed by atoms with Crippen LogP contribution in [0.25, 0.3) is 0 Å². The minimum Gasteiger partial charge on any atom is -0.463 e. The number of aliphatic hydroxyl groups is 1. The summed E-state index contributed by atoms with van der Waals surface area (Å²) in [7, 11) is 0. The molecule has 104 valence electrons. The van der Waals surface area contributed by atoms with Crippen LogP contribution in [0.4, 0.5) is 0 Å². The molecule has 0 bridgehead atoms. The molecule has 0 aliphatic rings. The van der Waals surface area contributed by atoms with E-state index in [1.165, 1.54) is 0 Å². The fraction of sp³-hybridized carbons (Fsp3) is 0.714. The summed E-state index contributed by atoms with van der Waals surface area (Å²) in [5, 5.41) is 8.46. The van der Waals surface area contributed by atoms with Crippen LogP contribution in [-0.2, 0) is 14.3 Å². The molecule has 0 saturated heterocycles. The van der Waals surface area contributed by atoms with Crippen molar-refractivity contribution in [1.82, 2.24) is 0 Å². The first-order valence-corrected chi connectivity index (χ1v) is 6.66. The van der Waals surface area contributed by atoms with Gasteiger partial charge in [0.2, 0.25) is 0 Å². The Hall–Kier alpha value is -1.16. The average molecular weight is 256 g/mol. The Labute approximate surface area is 109 Å². The SMILES string of the molecule is O=CCCCCC=CCCCCC(=O)OCCO. The van der Waals surface area contributed by atoms with E-state index in [9.17, 15) is 9.59 Å². The van der Waals surface area contributed by atoms with E-state index in [0.29, 0.717) is 12.8 Å². The number of carbonyl (C=O) groups excluding carboxylic acids is 2. The largest absolute Gasteiger partial charge is 0.463 e. The summed E-state index contributed by atoms with van der Waals surface area (Å²) in [4.78, 5) is 21.1. The summed E-state index contributed by atoms with van der Waals surface area (Å²) in [6.07, 6.45) is 12.1. The third-order valence-corrected chi connectivity index (χ3v) is 2.47. The third-order valence-electron chi connectivity index (χ3n) is 2.47. The lowest BCUT2D eigenvalue weighted by Crippen LogP contribution is -2.07. The molecular formula is C14H24O4. The Morgan fingerprint density at radius 1 is 1.00 bits per heavy atom. The molecule has 0 aromatic carbocycles. The molecule has 0 saturated carbocycles. The van der Waals surface area contributed by atoms with Crippen LogP contribution in [-0.4, -0.2) is 30.6 Å². The Balaban J connectivity index is 3.21. The van der Waals surface area contributed by atoms with Crippen molar-refractivity contribution in [2.75, 3.05) is 13.2 Å². The van der Waals surface area contributed by atoms with Gasteiger partial charge in [-0.3, -0.25) is 4.79 Å². The molecule has 0 heterocycles. The topological polar surface area (TPSA) is 63.6 Å². The molecule has 0 fully saturated rings. The molecular weight excluding hydrogens is 232 g/mol. The van der Waals surface area contributed by atoms with Crippen molar-refractivity contribution in [3.63, 3.8) is 0 Å². The number of unbranched alkanes of at least 4 members (excludes halogenated alkanes) is 5. The van der Waals surface area contributed by atoms with Gasteiger partial charge in [-0.1, -0.05) is 12.2 Å². The second-order valence-electron chi connectivity index (χ2n) is 4.11. The lowest BCUT2D eigenvalue weighted by atomic mass is 10.1. The summed E-state index contributed by atoms with van der Waals surface area (Å²) in [6, 6.07) is 0. The monoisotopic (exact) mass is 256 g/mol. The van der Waals surface area contributed by atoms with Crippen molar-refractivity contribution in [3.05, 3.63) is 12.2 Å². The highest BCUT2D eigenvalue weighted by molar-refractivity contribution is 5.69. The minimum atomic E-state index is -0.234. The van der Waals surface area contributed by atoms with Crippen LogP contribution in [0.5, 0.6) is 0 Å². The number of rotatable bonds is 12. The van der Waals surface area contributed by atoms with E-state index in [1.807, 2.05) is 0 Å². The highest BCUT2D eigenvalue weighted by atomic mass is 16.5. The quantitative estimate of drug-likeness (QED) is 0.252. The molecule has 0 radical (unpaired) electrons. The number of hydrogen-bond donors (Lipinski definition) is 1. The Bertz CT molecular complexity index is 236. The van der Waals surface area contributed by atoms with Crippen molar-refractivity contribution in [3.8, 4) is 0 Å². The van der Waals surface area contributed by atoms with E-state index in [2.05, 4.69) is 12.2 Å². The maximum atomic E-state index is 11.1. The zero-order valence-electron chi connectivity index (χ0n) is 11.0. The molecule has 1 N–H and O–H groups in total. The van der Waals surface area contributed by atoms with Gasteiger partial charge < -0.3 is 14.6 Å². The number of ether oxygens (including phenoxy) is 1. The van der Waals surface area contributed by atoms with Crippen molar-refractivity contribution in [2.45, 2.75) is 51.4 Å². The molecule has 0 aromatic heterocycles. The van der Waals surface area contributed by atoms with Gasteiger partial charge in [-0.25, -0.2) is 0 Å². The van der Waals surface area contributed by atoms with Crippen molar-refractivity contribution >= 4 is 12.3 Å². The molecule has 0 aromatic rings. The van der Waals surface area contributed by atoms with Crippen LogP contribution in [0.3, 0.4) is 0 Å². The van der Waals surface area contributed by atoms with Gasteiger partial charge in [0, 0.05) is 12.8 Å². The molecule has 0 spiro atoms. The van der Waals surface area contributed by atoms with Gasteiger partial charge in [0.05, 0.1) is 6.61 Å². The van der Waals surface area contributed by atoms with Gasteiger partial charge in [0.1, 0.15) is 12.9 Å². The summed E-state index contributed by atoms with van der Waals surface area (Å²) in [6.45, 7) is -0.0158. The second-order valence-corrected chi connectivity index (χ2v) is 4.11. The standard InChI is InChI=1S/C14H24O4/c15-11-9-7-5-3-1-2-4-6-8-10-14(17)18-13-12-16/h1-2,11,16H,3-10,12-13H2. The lowest BCUT2D eigenvalue weighted by molar-refractivity contribution is -0.144. The number of aliphatic hydroxyl groups excluding tert-OH is 1. The van der Waals surface area contributed by atoms with Crippen molar-refractivity contribution in [2.24, 2.45) is 0 Å². The van der Waals surface area contributed by atoms with Crippen molar-refractivity contribution < 1.29 is 19.4 Å². The first-order chi connectivity index (χ1) is 8.81. The number of allylic oxidation sites excluding steroid dienone is 2. The lowest BCUT2D eigenvalue weighted by Gasteiger charge is -2.01. The summed E-state index contributed by atoms with van der Waals surface area (Å²) < 4.78 is 4.74. The van der Waals surface area contributed by atoms with E-state index in [0.717, 1.165) is 44.8 Å². The van der Waals surface area contributed by atoms with Crippen molar-refractivity contribution in [1.29, 1.82) is 0 Å². The Kier molecular flexibility index (Phi) is 13.0. The van der Waals surface area contributed by atoms with Crippen LogP contribution < -0.4 is 0 Å². The Morgan fingerprint density at radius 2 is 1.61 bits per heavy atom. The molecule has 4 nitrogen and oxygen atoms in total. The van der Waals surface area contributed by atoms with Gasteiger partial charge in [-0.05, 0) is 38.5 Å². The zero-order valence-corrected chi connectivity index (χ0v) is 11.0. The summed E-state index contributed by atoms with van der Waals surface area (Å²) >= 11 is 0. The predicted octanol–water partition coefficient (Wildman–Crippen LogP) is 2.40. The van der Waals surface area contributed by atoms with Crippen LogP contribution in [0.15, 0.2) is 12.2 Å². The maximum absolute atomic E-state index is 11.1. The molecule has 0 atom stereocenters.